The van der Waals surface area contributed by atoms with Crippen molar-refractivity contribution in [2.45, 2.75) is 18.9 Å². The molecule has 33 heavy (non-hydrogen) atoms. The van der Waals surface area contributed by atoms with Crippen LogP contribution in [-0.4, -0.2) is 82.9 Å². The highest BCUT2D eigenvalue weighted by Crippen LogP contribution is 2.23. The Morgan fingerprint density at radius 1 is 0.909 bits per heavy atom. The van der Waals surface area contributed by atoms with Crippen LogP contribution in [0.3, 0.4) is 0 Å². The number of anilines is 2. The Kier molecular flexibility index (Phi) is 6.70. The number of hydrogen-bond donors (Lipinski definition) is 0. The highest BCUT2D eigenvalue weighted by atomic mass is 16.5. The van der Waals surface area contributed by atoms with Gasteiger partial charge in [0, 0.05) is 58.7 Å². The summed E-state index contributed by atoms with van der Waals surface area (Å²) in [4.78, 5) is 20.7. The number of rotatable bonds is 5. The maximum atomic E-state index is 6.05. The molecule has 0 unspecified atom stereocenters. The lowest BCUT2D eigenvalue weighted by molar-refractivity contribution is 0.0592. The van der Waals surface area contributed by atoms with Gasteiger partial charge in [-0.05, 0) is 37.1 Å². The lowest BCUT2D eigenvalue weighted by atomic mass is 10.1. The first-order valence-electron chi connectivity index (χ1n) is 11.8. The average molecular weight is 446 g/mol. The number of fused-ring (bicyclic) bond motifs is 1. The molecule has 5 heterocycles. The molecule has 5 rings (SSSR count). The van der Waals surface area contributed by atoms with Gasteiger partial charge >= 0.3 is 0 Å². The molecule has 3 aromatic heterocycles. The molecule has 2 saturated heterocycles. The number of piperidine rings is 1. The number of imidazole rings is 1. The van der Waals surface area contributed by atoms with Gasteiger partial charge in [-0.1, -0.05) is 17.9 Å². The van der Waals surface area contributed by atoms with E-state index < -0.39 is 0 Å². The minimum absolute atomic E-state index is 0.269. The molecule has 2 fully saturated rings. The van der Waals surface area contributed by atoms with Gasteiger partial charge in [-0.15, -0.1) is 0 Å². The SMILES string of the molecule is Cn1c(N2CCC(OCC#CCN3CCN(c4ccccn4)CC3)CC2)nc2cccnc21. The van der Waals surface area contributed by atoms with Crippen molar-refractivity contribution < 1.29 is 4.74 Å². The molecule has 0 bridgehead atoms. The van der Waals surface area contributed by atoms with Crippen LogP contribution in [0.1, 0.15) is 12.8 Å². The number of hydrogen-bond acceptors (Lipinski definition) is 7. The Bertz CT molecular complexity index is 1100. The molecular weight excluding hydrogens is 414 g/mol. The van der Waals surface area contributed by atoms with Crippen molar-refractivity contribution in [2.24, 2.45) is 7.05 Å². The van der Waals surface area contributed by atoms with E-state index in [9.17, 15) is 0 Å². The first kappa shape index (κ1) is 21.7. The standard InChI is InChI=1S/C25H31N7O/c1-29-24-22(7-6-12-27-24)28-25(29)32-14-9-21(10-15-32)33-20-5-4-13-30-16-18-31(19-17-30)23-8-2-3-11-26-23/h2-3,6-8,11-12,21H,9-10,13-20H2,1H3. The zero-order chi connectivity index (χ0) is 22.5. The first-order valence-corrected chi connectivity index (χ1v) is 11.8. The van der Waals surface area contributed by atoms with Gasteiger partial charge in [0.1, 0.15) is 17.9 Å². The largest absolute Gasteiger partial charge is 0.365 e. The molecule has 0 saturated carbocycles. The summed E-state index contributed by atoms with van der Waals surface area (Å²) in [7, 11) is 2.04. The molecule has 2 aliphatic rings. The highest BCUT2D eigenvalue weighted by molar-refractivity contribution is 5.74. The minimum atomic E-state index is 0.269. The van der Waals surface area contributed by atoms with Crippen molar-refractivity contribution in [1.29, 1.82) is 0 Å². The summed E-state index contributed by atoms with van der Waals surface area (Å²) >= 11 is 0. The smallest absolute Gasteiger partial charge is 0.207 e. The summed E-state index contributed by atoms with van der Waals surface area (Å²) in [6, 6.07) is 10.0. The van der Waals surface area contributed by atoms with Crippen LogP contribution < -0.4 is 9.80 Å². The summed E-state index contributed by atoms with van der Waals surface area (Å²) < 4.78 is 8.13. The van der Waals surface area contributed by atoms with Crippen LogP contribution >= 0.6 is 0 Å². The van der Waals surface area contributed by atoms with E-state index in [0.717, 1.165) is 81.6 Å². The summed E-state index contributed by atoms with van der Waals surface area (Å²) in [6.07, 6.45) is 5.93. The average Bonchev–Trinajstić information content (AvgIpc) is 3.22. The van der Waals surface area contributed by atoms with Gasteiger partial charge in [-0.2, -0.15) is 0 Å². The second kappa shape index (κ2) is 10.2. The summed E-state index contributed by atoms with van der Waals surface area (Å²) in [6.45, 7) is 7.22. The molecule has 0 amide bonds. The van der Waals surface area contributed by atoms with Crippen molar-refractivity contribution in [3.8, 4) is 11.8 Å². The molecule has 8 nitrogen and oxygen atoms in total. The van der Waals surface area contributed by atoms with Crippen molar-refractivity contribution in [3.05, 3.63) is 42.7 Å². The van der Waals surface area contributed by atoms with E-state index in [1.807, 2.05) is 43.7 Å². The summed E-state index contributed by atoms with van der Waals surface area (Å²) in [5, 5.41) is 0. The second-order valence-corrected chi connectivity index (χ2v) is 8.62. The van der Waals surface area contributed by atoms with E-state index in [1.54, 1.807) is 0 Å². The van der Waals surface area contributed by atoms with Gasteiger partial charge in [0.2, 0.25) is 5.95 Å². The van der Waals surface area contributed by atoms with Gasteiger partial charge < -0.3 is 14.5 Å². The van der Waals surface area contributed by atoms with E-state index in [4.69, 9.17) is 9.72 Å². The fourth-order valence-electron chi connectivity index (χ4n) is 4.57. The number of nitrogens with zero attached hydrogens (tertiary/aromatic N) is 7. The molecular formula is C25H31N7O. The molecule has 172 valence electrons. The first-order chi connectivity index (χ1) is 16.3. The molecule has 3 aromatic rings. The van der Waals surface area contributed by atoms with E-state index >= 15 is 0 Å². The zero-order valence-electron chi connectivity index (χ0n) is 19.2. The number of aromatic nitrogens is 4. The van der Waals surface area contributed by atoms with E-state index in [2.05, 4.69) is 47.1 Å². The summed E-state index contributed by atoms with van der Waals surface area (Å²) in [5.74, 6) is 8.56. The van der Waals surface area contributed by atoms with Gasteiger partial charge in [-0.3, -0.25) is 9.47 Å². The maximum absolute atomic E-state index is 6.05. The number of aryl methyl sites for hydroxylation is 1. The molecule has 0 spiro atoms. The molecule has 0 N–H and O–H groups in total. The highest BCUT2D eigenvalue weighted by Gasteiger charge is 2.23. The Hall–Kier alpha value is -3.15. The third kappa shape index (κ3) is 5.10. The lowest BCUT2D eigenvalue weighted by Crippen LogP contribution is -2.46. The monoisotopic (exact) mass is 445 g/mol. The van der Waals surface area contributed by atoms with Gasteiger partial charge in [0.05, 0.1) is 12.6 Å². The lowest BCUT2D eigenvalue weighted by Gasteiger charge is -2.34. The van der Waals surface area contributed by atoms with E-state index in [-0.39, 0.29) is 6.10 Å². The second-order valence-electron chi connectivity index (χ2n) is 8.62. The van der Waals surface area contributed by atoms with Gasteiger partial charge in [-0.25, -0.2) is 15.0 Å². The quantitative estimate of drug-likeness (QED) is 0.558. The predicted octanol–water partition coefficient (Wildman–Crippen LogP) is 2.17. The number of ether oxygens (including phenoxy) is 1. The third-order valence-corrected chi connectivity index (χ3v) is 6.49. The Balaban J connectivity index is 1.02. The molecule has 8 heteroatoms. The number of piperazine rings is 1. The van der Waals surface area contributed by atoms with Crippen LogP contribution in [0, 0.1) is 11.8 Å². The van der Waals surface area contributed by atoms with Crippen LogP contribution in [0.25, 0.3) is 11.2 Å². The van der Waals surface area contributed by atoms with Crippen molar-refractivity contribution in [3.63, 3.8) is 0 Å². The fourth-order valence-corrected chi connectivity index (χ4v) is 4.57. The normalized spacial score (nSPS) is 17.8. The van der Waals surface area contributed by atoms with Crippen molar-refractivity contribution in [1.82, 2.24) is 24.4 Å². The molecule has 0 aliphatic carbocycles. The predicted molar refractivity (Wildman–Crippen MR) is 130 cm³/mol. The minimum Gasteiger partial charge on any atom is -0.365 e. The van der Waals surface area contributed by atoms with E-state index in [1.165, 1.54) is 0 Å². The maximum Gasteiger partial charge on any atom is 0.207 e. The van der Waals surface area contributed by atoms with Crippen molar-refractivity contribution >= 4 is 22.9 Å². The van der Waals surface area contributed by atoms with E-state index in [0.29, 0.717) is 6.61 Å². The molecule has 0 radical (unpaired) electrons. The van der Waals surface area contributed by atoms with Gasteiger partial charge in [0.25, 0.3) is 0 Å². The topological polar surface area (TPSA) is 62.6 Å². The fraction of sp³-hybridized carbons (Fsp3) is 0.480. The van der Waals surface area contributed by atoms with Crippen LogP contribution in [0.15, 0.2) is 42.7 Å². The van der Waals surface area contributed by atoms with Crippen molar-refractivity contribution in [2.75, 3.05) is 62.2 Å². The number of pyridine rings is 2. The molecule has 0 aromatic carbocycles. The molecule has 2 aliphatic heterocycles. The zero-order valence-corrected chi connectivity index (χ0v) is 19.2. The Labute approximate surface area is 195 Å². The summed E-state index contributed by atoms with van der Waals surface area (Å²) in [5.41, 5.74) is 1.88. The van der Waals surface area contributed by atoms with Crippen LogP contribution in [-0.2, 0) is 11.8 Å². The Morgan fingerprint density at radius 3 is 2.48 bits per heavy atom. The van der Waals surface area contributed by atoms with Crippen LogP contribution in [0.2, 0.25) is 0 Å². The molecule has 0 atom stereocenters. The third-order valence-electron chi connectivity index (χ3n) is 6.49. The van der Waals surface area contributed by atoms with Crippen LogP contribution in [0.5, 0.6) is 0 Å². The Morgan fingerprint density at radius 2 is 1.73 bits per heavy atom. The van der Waals surface area contributed by atoms with Gasteiger partial charge in [0.15, 0.2) is 5.65 Å². The van der Waals surface area contributed by atoms with Crippen LogP contribution in [0.4, 0.5) is 11.8 Å².